The van der Waals surface area contributed by atoms with Crippen LogP contribution in [0.5, 0.6) is 5.75 Å². The number of imidazole rings is 1. The van der Waals surface area contributed by atoms with E-state index in [0.29, 0.717) is 28.3 Å². The van der Waals surface area contributed by atoms with Crippen molar-refractivity contribution >= 4 is 22.6 Å². The Balaban J connectivity index is 1.63. The van der Waals surface area contributed by atoms with E-state index >= 15 is 0 Å². The number of alkyl halides is 3. The van der Waals surface area contributed by atoms with Gasteiger partial charge in [0.05, 0.1) is 11.0 Å². The molecule has 2 heterocycles. The predicted octanol–water partition coefficient (Wildman–Crippen LogP) is 4.28. The highest BCUT2D eigenvalue weighted by Crippen LogP contribution is 2.25. The van der Waals surface area contributed by atoms with Crippen LogP contribution >= 0.6 is 0 Å². The second kappa shape index (κ2) is 8.69. The summed E-state index contributed by atoms with van der Waals surface area (Å²) >= 11 is 0. The fourth-order valence-electron chi connectivity index (χ4n) is 3.57. The molecule has 1 amide bonds. The van der Waals surface area contributed by atoms with Gasteiger partial charge in [0.15, 0.2) is 0 Å². The number of hydrogen-bond donors (Lipinski definition) is 1. The van der Waals surface area contributed by atoms with E-state index in [1.807, 2.05) is 13.8 Å². The average molecular weight is 475 g/mol. The number of anilines is 1. The van der Waals surface area contributed by atoms with Gasteiger partial charge < -0.3 is 14.6 Å². The summed E-state index contributed by atoms with van der Waals surface area (Å²) in [5.74, 6) is -0.208. The number of nitrogens with one attached hydrogen (secondary N) is 1. The first-order valence-corrected chi connectivity index (χ1v) is 10.2. The number of nitrogens with zero attached hydrogens (tertiary/aromatic N) is 4. The molecule has 2 aromatic heterocycles. The minimum atomic E-state index is -4.81. The van der Waals surface area contributed by atoms with Crippen molar-refractivity contribution in [3.05, 3.63) is 58.8 Å². The first kappa shape index (κ1) is 23.1. The van der Waals surface area contributed by atoms with Gasteiger partial charge in [-0.1, -0.05) is 5.16 Å². The smallest absolute Gasteiger partial charge is 0.406 e. The van der Waals surface area contributed by atoms with Crippen molar-refractivity contribution in [2.75, 3.05) is 5.32 Å². The molecule has 0 aliphatic heterocycles. The predicted molar refractivity (Wildman–Crippen MR) is 116 cm³/mol. The quantitative estimate of drug-likeness (QED) is 0.447. The van der Waals surface area contributed by atoms with E-state index in [2.05, 4.69) is 20.2 Å². The first-order valence-electron chi connectivity index (χ1n) is 10.2. The number of benzene rings is 2. The molecule has 0 fully saturated rings. The lowest BCUT2D eigenvalue weighted by Crippen LogP contribution is -2.30. The minimum Gasteiger partial charge on any atom is -0.406 e. The number of carbonyl (C=O) groups excluding carboxylic acids is 1. The molecule has 0 bridgehead atoms. The van der Waals surface area contributed by atoms with E-state index in [0.717, 1.165) is 12.1 Å². The molecule has 12 heteroatoms. The van der Waals surface area contributed by atoms with Crippen molar-refractivity contribution in [3.63, 3.8) is 0 Å². The van der Waals surface area contributed by atoms with Crippen LogP contribution in [0.15, 0.2) is 51.8 Å². The molecule has 0 saturated heterocycles. The zero-order valence-electron chi connectivity index (χ0n) is 18.4. The minimum absolute atomic E-state index is 0.168. The number of ether oxygens (including phenoxy) is 1. The van der Waals surface area contributed by atoms with E-state index in [9.17, 15) is 22.8 Å². The normalized spacial score (nSPS) is 11.9. The number of halogens is 3. The van der Waals surface area contributed by atoms with Crippen LogP contribution in [0.4, 0.5) is 18.9 Å². The first-order chi connectivity index (χ1) is 16.0. The van der Waals surface area contributed by atoms with Gasteiger partial charge in [-0.25, -0.2) is 4.79 Å². The summed E-state index contributed by atoms with van der Waals surface area (Å²) in [6.07, 6.45) is -4.81. The van der Waals surface area contributed by atoms with Crippen LogP contribution in [0.25, 0.3) is 22.4 Å². The van der Waals surface area contributed by atoms with Crippen LogP contribution in [-0.2, 0) is 11.3 Å². The van der Waals surface area contributed by atoms with E-state index < -0.39 is 18.0 Å². The fourth-order valence-corrected chi connectivity index (χ4v) is 3.57. The molecule has 9 nitrogen and oxygen atoms in total. The van der Waals surface area contributed by atoms with Crippen molar-refractivity contribution in [2.24, 2.45) is 0 Å². The highest BCUT2D eigenvalue weighted by molar-refractivity contribution is 5.92. The molecule has 1 N–H and O–H groups in total. The Bertz CT molecular complexity index is 1400. The molecule has 34 heavy (non-hydrogen) atoms. The second-order valence-electron chi connectivity index (χ2n) is 7.79. The standard InChI is InChI=1S/C22H20F3N5O4/c1-12(2)30-17-9-4-14(20-26-13(3)34-28-20)10-18(17)29(21(30)32)11-19(31)27-15-5-7-16(8-6-15)33-22(23,24)25/h4-10,12H,11H2,1-3H3,(H,27,31). The zero-order valence-corrected chi connectivity index (χ0v) is 18.4. The lowest BCUT2D eigenvalue weighted by Gasteiger charge is -2.10. The maximum absolute atomic E-state index is 13.1. The van der Waals surface area contributed by atoms with Gasteiger partial charge in [0.1, 0.15) is 12.3 Å². The molecule has 178 valence electrons. The number of aromatic nitrogens is 4. The van der Waals surface area contributed by atoms with Crippen molar-refractivity contribution in [1.82, 2.24) is 19.3 Å². The van der Waals surface area contributed by atoms with Crippen molar-refractivity contribution in [2.45, 2.75) is 39.7 Å². The molecule has 0 radical (unpaired) electrons. The summed E-state index contributed by atoms with van der Waals surface area (Å²) in [5, 5.41) is 6.47. The highest BCUT2D eigenvalue weighted by atomic mass is 19.4. The highest BCUT2D eigenvalue weighted by Gasteiger charge is 2.31. The number of aryl methyl sites for hydroxylation is 1. The maximum atomic E-state index is 13.1. The molecule has 0 saturated carbocycles. The molecule has 0 aliphatic rings. The van der Waals surface area contributed by atoms with Gasteiger partial charge in [-0.3, -0.25) is 13.9 Å². The van der Waals surface area contributed by atoms with Gasteiger partial charge in [0.2, 0.25) is 17.6 Å². The van der Waals surface area contributed by atoms with Crippen LogP contribution in [-0.4, -0.2) is 31.5 Å². The van der Waals surface area contributed by atoms with Gasteiger partial charge in [0.25, 0.3) is 0 Å². The third-order valence-electron chi connectivity index (χ3n) is 4.94. The molecule has 4 aromatic rings. The summed E-state index contributed by atoms with van der Waals surface area (Å²) in [6, 6.07) is 9.77. The summed E-state index contributed by atoms with van der Waals surface area (Å²) in [6.45, 7) is 5.05. The largest absolute Gasteiger partial charge is 0.573 e. The Kier molecular flexibility index (Phi) is 5.90. The molecule has 0 aliphatic carbocycles. The molecular weight excluding hydrogens is 455 g/mol. The van der Waals surface area contributed by atoms with E-state index in [-0.39, 0.29) is 24.0 Å². The number of amides is 1. The Hall–Kier alpha value is -4.09. The van der Waals surface area contributed by atoms with Gasteiger partial charge in [-0.15, -0.1) is 13.2 Å². The van der Waals surface area contributed by atoms with Crippen molar-refractivity contribution < 1.29 is 27.2 Å². The lowest BCUT2D eigenvalue weighted by molar-refractivity contribution is -0.274. The zero-order chi connectivity index (χ0) is 24.6. The topological polar surface area (TPSA) is 104 Å². The number of fused-ring (bicyclic) bond motifs is 1. The Morgan fingerprint density at radius 2 is 1.85 bits per heavy atom. The third kappa shape index (κ3) is 4.80. The van der Waals surface area contributed by atoms with Crippen LogP contribution in [0.3, 0.4) is 0 Å². The average Bonchev–Trinajstić information content (AvgIpc) is 3.29. The van der Waals surface area contributed by atoms with E-state index in [1.165, 1.54) is 16.7 Å². The van der Waals surface area contributed by atoms with Crippen molar-refractivity contribution in [3.8, 4) is 17.1 Å². The monoisotopic (exact) mass is 475 g/mol. The van der Waals surface area contributed by atoms with Crippen LogP contribution < -0.4 is 15.7 Å². The summed E-state index contributed by atoms with van der Waals surface area (Å²) in [7, 11) is 0. The second-order valence-corrected chi connectivity index (χ2v) is 7.79. The molecule has 2 aromatic carbocycles. The van der Waals surface area contributed by atoms with Crippen LogP contribution in [0.1, 0.15) is 25.8 Å². The van der Waals surface area contributed by atoms with Crippen LogP contribution in [0.2, 0.25) is 0 Å². The maximum Gasteiger partial charge on any atom is 0.573 e. The molecule has 4 rings (SSSR count). The van der Waals surface area contributed by atoms with Crippen molar-refractivity contribution in [1.29, 1.82) is 0 Å². The van der Waals surface area contributed by atoms with Crippen LogP contribution in [0, 0.1) is 6.92 Å². The third-order valence-corrected chi connectivity index (χ3v) is 4.94. The molecular formula is C22H20F3N5O4. The Morgan fingerprint density at radius 3 is 2.44 bits per heavy atom. The fraction of sp³-hybridized carbons (Fsp3) is 0.273. The summed E-state index contributed by atoms with van der Waals surface area (Å²) < 4.78 is 48.7. The van der Waals surface area contributed by atoms with Gasteiger partial charge in [-0.05, 0) is 56.3 Å². The SMILES string of the molecule is Cc1nc(-c2ccc3c(c2)n(CC(=O)Nc2ccc(OC(F)(F)F)cc2)c(=O)n3C(C)C)no1. The Labute approximate surface area is 190 Å². The summed E-state index contributed by atoms with van der Waals surface area (Å²) in [5.41, 5.74) is 1.62. The lowest BCUT2D eigenvalue weighted by atomic mass is 10.2. The molecule has 0 spiro atoms. The van der Waals surface area contributed by atoms with Gasteiger partial charge >= 0.3 is 12.1 Å². The molecule has 0 unspecified atom stereocenters. The number of rotatable bonds is 6. The van der Waals surface area contributed by atoms with Gasteiger partial charge in [-0.2, -0.15) is 4.98 Å². The number of hydrogen-bond acceptors (Lipinski definition) is 6. The van der Waals surface area contributed by atoms with Gasteiger partial charge in [0, 0.05) is 24.2 Å². The molecule has 0 atom stereocenters. The van der Waals surface area contributed by atoms with E-state index in [1.54, 1.807) is 29.7 Å². The van der Waals surface area contributed by atoms with E-state index in [4.69, 9.17) is 4.52 Å². The Morgan fingerprint density at radius 1 is 1.15 bits per heavy atom. The number of carbonyl (C=O) groups is 1. The summed E-state index contributed by atoms with van der Waals surface area (Å²) in [4.78, 5) is 30.0.